The second kappa shape index (κ2) is 7.48. The van der Waals surface area contributed by atoms with Gasteiger partial charge in [0.2, 0.25) is 11.7 Å². The fourth-order valence-electron chi connectivity index (χ4n) is 3.16. The van der Waals surface area contributed by atoms with Gasteiger partial charge in [-0.3, -0.25) is 14.5 Å². The molecule has 2 atom stereocenters. The number of aromatic nitrogens is 1. The molecule has 132 valence electrons. The second-order valence-corrected chi connectivity index (χ2v) is 6.31. The highest BCUT2D eigenvalue weighted by Crippen LogP contribution is 2.20. The molecule has 7 heteroatoms. The van der Waals surface area contributed by atoms with E-state index in [9.17, 15) is 9.59 Å². The van der Waals surface area contributed by atoms with Crippen molar-refractivity contribution in [3.8, 4) is 0 Å². The van der Waals surface area contributed by atoms with Crippen molar-refractivity contribution in [2.24, 2.45) is 5.92 Å². The Balaban J connectivity index is 1.69. The SMILES string of the molecule is CNC(=O)[C@H]1CN(Cc2ccccc2)C[C@@H]1NC(=O)c1cc(C)no1. The molecule has 7 nitrogen and oxygen atoms in total. The van der Waals surface area contributed by atoms with Gasteiger partial charge in [-0.05, 0) is 12.5 Å². The minimum Gasteiger partial charge on any atom is -0.359 e. The lowest BCUT2D eigenvalue weighted by molar-refractivity contribution is -0.124. The number of hydrogen-bond donors (Lipinski definition) is 2. The average Bonchev–Trinajstić information content (AvgIpc) is 3.21. The van der Waals surface area contributed by atoms with Gasteiger partial charge >= 0.3 is 0 Å². The van der Waals surface area contributed by atoms with Crippen LogP contribution in [0.1, 0.15) is 21.8 Å². The van der Waals surface area contributed by atoms with Crippen molar-refractivity contribution in [3.63, 3.8) is 0 Å². The third-order valence-corrected chi connectivity index (χ3v) is 4.40. The molecule has 0 unspecified atom stereocenters. The maximum absolute atomic E-state index is 12.3. The lowest BCUT2D eigenvalue weighted by atomic mass is 10.0. The number of nitrogens with zero attached hydrogens (tertiary/aromatic N) is 2. The van der Waals surface area contributed by atoms with Crippen LogP contribution in [0.15, 0.2) is 40.9 Å². The molecule has 0 aliphatic carbocycles. The van der Waals surface area contributed by atoms with Gasteiger partial charge in [-0.15, -0.1) is 0 Å². The number of nitrogens with one attached hydrogen (secondary N) is 2. The molecule has 0 saturated carbocycles. The summed E-state index contributed by atoms with van der Waals surface area (Å²) in [5.41, 5.74) is 1.82. The Bertz CT molecular complexity index is 744. The van der Waals surface area contributed by atoms with Gasteiger partial charge in [-0.1, -0.05) is 35.5 Å². The van der Waals surface area contributed by atoms with E-state index in [1.165, 1.54) is 5.56 Å². The van der Waals surface area contributed by atoms with Crippen molar-refractivity contribution in [1.82, 2.24) is 20.7 Å². The van der Waals surface area contributed by atoms with Crippen LogP contribution in [0.4, 0.5) is 0 Å². The van der Waals surface area contributed by atoms with Gasteiger partial charge < -0.3 is 15.2 Å². The molecule has 1 aromatic carbocycles. The first-order chi connectivity index (χ1) is 12.1. The number of hydrogen-bond acceptors (Lipinski definition) is 5. The van der Waals surface area contributed by atoms with Crippen LogP contribution in [-0.2, 0) is 11.3 Å². The van der Waals surface area contributed by atoms with E-state index >= 15 is 0 Å². The summed E-state index contributed by atoms with van der Waals surface area (Å²) in [5, 5.41) is 9.33. The van der Waals surface area contributed by atoms with Crippen molar-refractivity contribution in [1.29, 1.82) is 0 Å². The molecule has 0 spiro atoms. The molecule has 0 bridgehead atoms. The van der Waals surface area contributed by atoms with Gasteiger partial charge in [-0.25, -0.2) is 0 Å². The number of rotatable bonds is 5. The van der Waals surface area contributed by atoms with Gasteiger partial charge in [0.05, 0.1) is 17.7 Å². The van der Waals surface area contributed by atoms with E-state index in [-0.39, 0.29) is 29.5 Å². The second-order valence-electron chi connectivity index (χ2n) is 6.31. The highest BCUT2D eigenvalue weighted by molar-refractivity contribution is 5.92. The van der Waals surface area contributed by atoms with Crippen molar-refractivity contribution >= 4 is 11.8 Å². The Morgan fingerprint density at radius 3 is 2.68 bits per heavy atom. The summed E-state index contributed by atoms with van der Waals surface area (Å²) in [4.78, 5) is 26.7. The number of carbonyl (C=O) groups is 2. The van der Waals surface area contributed by atoms with Gasteiger partial charge in [0.1, 0.15) is 0 Å². The average molecular weight is 342 g/mol. The predicted octanol–water partition coefficient (Wildman–Crippen LogP) is 0.959. The van der Waals surface area contributed by atoms with Crippen LogP contribution in [0.3, 0.4) is 0 Å². The summed E-state index contributed by atoms with van der Waals surface area (Å²) in [6.45, 7) is 3.69. The van der Waals surface area contributed by atoms with Crippen LogP contribution in [0.2, 0.25) is 0 Å². The minimum absolute atomic E-state index is 0.0744. The fraction of sp³-hybridized carbons (Fsp3) is 0.389. The molecule has 2 amide bonds. The standard InChI is InChI=1S/C18H22N4O3/c1-12-8-16(25-21-12)18(24)20-15-11-22(10-14(15)17(23)19-2)9-13-6-4-3-5-7-13/h3-8,14-15H,9-11H2,1-2H3,(H,19,23)(H,20,24)/t14-,15-/m0/s1. The third kappa shape index (κ3) is 4.06. The number of amides is 2. The van der Waals surface area contributed by atoms with E-state index in [1.54, 1.807) is 20.0 Å². The topological polar surface area (TPSA) is 87.5 Å². The Kier molecular flexibility index (Phi) is 5.14. The Labute approximate surface area is 146 Å². The van der Waals surface area contributed by atoms with Crippen LogP contribution >= 0.6 is 0 Å². The molecule has 2 aromatic rings. The van der Waals surface area contributed by atoms with E-state index in [4.69, 9.17) is 4.52 Å². The van der Waals surface area contributed by atoms with Crippen molar-refractivity contribution in [2.45, 2.75) is 19.5 Å². The molecule has 25 heavy (non-hydrogen) atoms. The van der Waals surface area contributed by atoms with Crippen LogP contribution in [0.5, 0.6) is 0 Å². The molecule has 2 N–H and O–H groups in total. The minimum atomic E-state index is -0.346. The number of benzene rings is 1. The van der Waals surface area contributed by atoms with Crippen LogP contribution in [-0.4, -0.2) is 48.0 Å². The van der Waals surface area contributed by atoms with E-state index in [0.29, 0.717) is 18.8 Å². The van der Waals surface area contributed by atoms with E-state index in [2.05, 4.69) is 32.8 Å². The number of aryl methyl sites for hydroxylation is 1. The summed E-state index contributed by atoms with van der Waals surface area (Å²) in [6, 6.07) is 11.4. The zero-order valence-corrected chi connectivity index (χ0v) is 14.4. The summed E-state index contributed by atoms with van der Waals surface area (Å²) in [6.07, 6.45) is 0. The lowest BCUT2D eigenvalue weighted by Crippen LogP contribution is -2.45. The van der Waals surface area contributed by atoms with Crippen LogP contribution in [0, 0.1) is 12.8 Å². The smallest absolute Gasteiger partial charge is 0.290 e. The molecule has 2 heterocycles. The quantitative estimate of drug-likeness (QED) is 0.845. The first-order valence-electron chi connectivity index (χ1n) is 8.29. The Morgan fingerprint density at radius 2 is 2.04 bits per heavy atom. The molecule has 1 fully saturated rings. The maximum Gasteiger partial charge on any atom is 0.290 e. The van der Waals surface area contributed by atoms with Crippen molar-refractivity contribution in [2.75, 3.05) is 20.1 Å². The monoisotopic (exact) mass is 342 g/mol. The summed E-state index contributed by atoms with van der Waals surface area (Å²) >= 11 is 0. The predicted molar refractivity (Wildman–Crippen MR) is 91.8 cm³/mol. The normalized spacial score (nSPS) is 20.4. The first-order valence-corrected chi connectivity index (χ1v) is 8.29. The lowest BCUT2D eigenvalue weighted by Gasteiger charge is -2.17. The van der Waals surface area contributed by atoms with E-state index in [1.807, 2.05) is 18.2 Å². The molecule has 1 saturated heterocycles. The molecular formula is C18H22N4O3. The zero-order chi connectivity index (χ0) is 17.8. The fourth-order valence-corrected chi connectivity index (χ4v) is 3.16. The summed E-state index contributed by atoms with van der Waals surface area (Å²) in [5.74, 6) is -0.563. The highest BCUT2D eigenvalue weighted by Gasteiger charge is 2.38. The van der Waals surface area contributed by atoms with Gasteiger partial charge in [0.15, 0.2) is 0 Å². The molecule has 0 radical (unpaired) electrons. The molecule has 3 rings (SSSR count). The summed E-state index contributed by atoms with van der Waals surface area (Å²) < 4.78 is 5.00. The van der Waals surface area contributed by atoms with Crippen molar-refractivity contribution < 1.29 is 14.1 Å². The van der Waals surface area contributed by atoms with E-state index in [0.717, 1.165) is 6.54 Å². The molecule has 1 aliphatic rings. The largest absolute Gasteiger partial charge is 0.359 e. The first kappa shape index (κ1) is 17.2. The zero-order valence-electron chi connectivity index (χ0n) is 14.4. The molecule has 1 aliphatic heterocycles. The van der Waals surface area contributed by atoms with Crippen LogP contribution in [0.25, 0.3) is 0 Å². The van der Waals surface area contributed by atoms with E-state index < -0.39 is 0 Å². The van der Waals surface area contributed by atoms with Crippen molar-refractivity contribution in [3.05, 3.63) is 53.4 Å². The van der Waals surface area contributed by atoms with Crippen LogP contribution < -0.4 is 10.6 Å². The number of carbonyl (C=O) groups excluding carboxylic acids is 2. The molecule has 1 aromatic heterocycles. The summed E-state index contributed by atoms with van der Waals surface area (Å²) in [7, 11) is 1.61. The maximum atomic E-state index is 12.3. The van der Waals surface area contributed by atoms with Gasteiger partial charge in [0, 0.05) is 32.7 Å². The van der Waals surface area contributed by atoms with Gasteiger partial charge in [0.25, 0.3) is 5.91 Å². The van der Waals surface area contributed by atoms with Gasteiger partial charge in [-0.2, -0.15) is 0 Å². The Morgan fingerprint density at radius 1 is 1.28 bits per heavy atom. The third-order valence-electron chi connectivity index (χ3n) is 4.40. The molecular weight excluding hydrogens is 320 g/mol. The number of likely N-dealkylation sites (tertiary alicyclic amines) is 1. The highest BCUT2D eigenvalue weighted by atomic mass is 16.5. The Hall–Kier alpha value is -2.67.